The van der Waals surface area contributed by atoms with E-state index in [1.807, 2.05) is 6.92 Å². The Labute approximate surface area is 200 Å². The minimum absolute atomic E-state index is 0.0429. The van der Waals surface area contributed by atoms with Crippen LogP contribution in [0.15, 0.2) is 36.7 Å². The van der Waals surface area contributed by atoms with E-state index in [-0.39, 0.29) is 11.9 Å². The topological polar surface area (TPSA) is 61.4 Å². The number of benzene rings is 1. The van der Waals surface area contributed by atoms with Crippen molar-refractivity contribution >= 4 is 39.0 Å². The summed E-state index contributed by atoms with van der Waals surface area (Å²) in [5.41, 5.74) is 2.27. The Morgan fingerprint density at radius 3 is 2.52 bits per heavy atom. The van der Waals surface area contributed by atoms with Crippen LogP contribution in [0, 0.1) is 18.8 Å². The van der Waals surface area contributed by atoms with Crippen molar-refractivity contribution in [2.45, 2.75) is 46.1 Å². The molecule has 6 nitrogen and oxygen atoms in total. The molecule has 1 amide bonds. The third-order valence-electron chi connectivity index (χ3n) is 7.64. The second kappa shape index (κ2) is 9.29. The maximum absolute atomic E-state index is 13.3. The van der Waals surface area contributed by atoms with Gasteiger partial charge in [0.2, 0.25) is 0 Å². The predicted octanol–water partition coefficient (Wildman–Crippen LogP) is 4.88. The predicted molar refractivity (Wildman–Crippen MR) is 136 cm³/mol. The molecular weight excluding hydrogens is 430 g/mol. The van der Waals surface area contributed by atoms with Crippen molar-refractivity contribution < 1.29 is 4.79 Å². The maximum atomic E-state index is 13.3. The van der Waals surface area contributed by atoms with Crippen LogP contribution in [0.25, 0.3) is 10.2 Å². The standard InChI is InChI=1S/C26H33N5OS/c1-17-8-7-11-21(18(17)2)29-25(32)23-19(3)22-24(27-16-28-26(22)33-23)31-14-12-30(13-15-31)20-9-5-4-6-10-20/h4-6,9-10,16-18,21H,7-8,11-15H2,1-3H3,(H,29,32)/t17-,18-,21-/m1/s1. The molecule has 7 heteroatoms. The highest BCUT2D eigenvalue weighted by Crippen LogP contribution is 2.36. The molecule has 1 saturated heterocycles. The van der Waals surface area contributed by atoms with Crippen LogP contribution in [-0.2, 0) is 0 Å². The van der Waals surface area contributed by atoms with Crippen LogP contribution in [0.3, 0.4) is 0 Å². The third-order valence-corrected chi connectivity index (χ3v) is 8.84. The number of nitrogens with one attached hydrogen (secondary N) is 1. The highest BCUT2D eigenvalue weighted by Gasteiger charge is 2.30. The molecule has 2 fully saturated rings. The smallest absolute Gasteiger partial charge is 0.261 e. The van der Waals surface area contributed by atoms with Gasteiger partial charge in [-0.3, -0.25) is 4.79 Å². The van der Waals surface area contributed by atoms with Gasteiger partial charge < -0.3 is 15.1 Å². The Balaban J connectivity index is 1.36. The van der Waals surface area contributed by atoms with Crippen LogP contribution in [0.5, 0.6) is 0 Å². The van der Waals surface area contributed by atoms with Gasteiger partial charge in [-0.05, 0) is 42.9 Å². The van der Waals surface area contributed by atoms with Gasteiger partial charge in [0, 0.05) is 37.9 Å². The van der Waals surface area contributed by atoms with Crippen molar-refractivity contribution in [2.24, 2.45) is 11.8 Å². The highest BCUT2D eigenvalue weighted by molar-refractivity contribution is 7.20. The first kappa shape index (κ1) is 22.1. The molecule has 1 aromatic carbocycles. The van der Waals surface area contributed by atoms with Gasteiger partial charge in [0.1, 0.15) is 17.0 Å². The number of thiophene rings is 1. The van der Waals surface area contributed by atoms with Gasteiger partial charge >= 0.3 is 0 Å². The fraction of sp³-hybridized carbons (Fsp3) is 0.500. The first-order valence-electron chi connectivity index (χ1n) is 12.1. The van der Waals surface area contributed by atoms with Crippen LogP contribution < -0.4 is 15.1 Å². The molecule has 5 rings (SSSR count). The summed E-state index contributed by atoms with van der Waals surface area (Å²) in [6.45, 7) is 10.3. The van der Waals surface area contributed by atoms with E-state index in [9.17, 15) is 4.79 Å². The lowest BCUT2D eigenvalue weighted by Gasteiger charge is -2.37. The zero-order valence-corrected chi connectivity index (χ0v) is 20.6. The molecule has 33 heavy (non-hydrogen) atoms. The number of hydrogen-bond acceptors (Lipinski definition) is 6. The molecule has 2 aliphatic rings. The first-order chi connectivity index (χ1) is 16.0. The molecule has 0 spiro atoms. The lowest BCUT2D eigenvalue weighted by Crippen LogP contribution is -2.46. The van der Waals surface area contributed by atoms with Gasteiger partial charge in [-0.25, -0.2) is 9.97 Å². The third kappa shape index (κ3) is 4.31. The molecule has 3 aromatic rings. The monoisotopic (exact) mass is 463 g/mol. The van der Waals surface area contributed by atoms with Gasteiger partial charge in [-0.1, -0.05) is 44.9 Å². The fourth-order valence-electron chi connectivity index (χ4n) is 5.34. The number of piperazine rings is 1. The number of amides is 1. The summed E-state index contributed by atoms with van der Waals surface area (Å²) in [6, 6.07) is 10.8. The number of aromatic nitrogens is 2. The van der Waals surface area contributed by atoms with E-state index >= 15 is 0 Å². The summed E-state index contributed by atoms with van der Waals surface area (Å²) < 4.78 is 0. The number of hydrogen-bond donors (Lipinski definition) is 1. The van der Waals surface area contributed by atoms with Gasteiger partial charge in [-0.15, -0.1) is 11.3 Å². The number of rotatable bonds is 4. The number of aryl methyl sites for hydroxylation is 1. The number of anilines is 2. The van der Waals surface area contributed by atoms with E-state index in [2.05, 4.69) is 69.3 Å². The van der Waals surface area contributed by atoms with E-state index in [0.717, 1.165) is 59.1 Å². The van der Waals surface area contributed by atoms with E-state index < -0.39 is 0 Å². The minimum Gasteiger partial charge on any atom is -0.368 e. The van der Waals surface area contributed by atoms with E-state index in [0.29, 0.717) is 11.8 Å². The molecule has 3 atom stereocenters. The summed E-state index contributed by atoms with van der Waals surface area (Å²) >= 11 is 1.50. The van der Waals surface area contributed by atoms with Gasteiger partial charge in [0.25, 0.3) is 5.91 Å². The summed E-state index contributed by atoms with van der Waals surface area (Å²) in [5, 5.41) is 4.38. The zero-order chi connectivity index (χ0) is 22.9. The summed E-state index contributed by atoms with van der Waals surface area (Å²) in [5.74, 6) is 2.16. The largest absolute Gasteiger partial charge is 0.368 e. The number of carbonyl (C=O) groups excluding carboxylic acids is 1. The highest BCUT2D eigenvalue weighted by atomic mass is 32.1. The van der Waals surface area contributed by atoms with Crippen molar-refractivity contribution in [3.05, 3.63) is 47.1 Å². The lowest BCUT2D eigenvalue weighted by atomic mass is 9.78. The Morgan fingerprint density at radius 2 is 1.76 bits per heavy atom. The Bertz CT molecular complexity index is 1120. The van der Waals surface area contributed by atoms with Crippen LogP contribution in [0.1, 0.15) is 48.3 Å². The molecule has 0 unspecified atom stereocenters. The van der Waals surface area contributed by atoms with E-state index in [1.165, 1.54) is 29.9 Å². The summed E-state index contributed by atoms with van der Waals surface area (Å²) in [6.07, 6.45) is 5.15. The second-order valence-electron chi connectivity index (χ2n) is 9.59. The number of fused-ring (bicyclic) bond motifs is 1. The molecule has 0 radical (unpaired) electrons. The van der Waals surface area contributed by atoms with Gasteiger partial charge in [0.05, 0.1) is 10.3 Å². The number of carbonyl (C=O) groups is 1. The molecule has 1 aliphatic carbocycles. The average molecular weight is 464 g/mol. The molecule has 3 heterocycles. The molecule has 1 saturated carbocycles. The normalized spacial score (nSPS) is 23.7. The minimum atomic E-state index is 0.0429. The first-order valence-corrected chi connectivity index (χ1v) is 12.9. The lowest BCUT2D eigenvalue weighted by molar-refractivity contribution is 0.0895. The molecule has 174 valence electrons. The SMILES string of the molecule is Cc1c(C(=O)N[C@@H]2CCC[C@@H](C)[C@H]2C)sc2ncnc(N3CCN(c4ccccc4)CC3)c12. The van der Waals surface area contributed by atoms with Gasteiger partial charge in [0.15, 0.2) is 0 Å². The zero-order valence-electron chi connectivity index (χ0n) is 19.8. The van der Waals surface area contributed by atoms with Crippen molar-refractivity contribution in [3.63, 3.8) is 0 Å². The molecule has 0 bridgehead atoms. The summed E-state index contributed by atoms with van der Waals surface area (Å²) in [7, 11) is 0. The Hall–Kier alpha value is -2.67. The maximum Gasteiger partial charge on any atom is 0.261 e. The second-order valence-corrected chi connectivity index (χ2v) is 10.6. The molecule has 2 aromatic heterocycles. The number of para-hydroxylation sites is 1. The van der Waals surface area contributed by atoms with Crippen LogP contribution in [0.4, 0.5) is 11.5 Å². The fourth-order valence-corrected chi connectivity index (χ4v) is 6.39. The van der Waals surface area contributed by atoms with Crippen LogP contribution in [0.2, 0.25) is 0 Å². The van der Waals surface area contributed by atoms with Crippen molar-refractivity contribution in [1.82, 2.24) is 15.3 Å². The van der Waals surface area contributed by atoms with Crippen LogP contribution in [-0.4, -0.2) is 48.1 Å². The van der Waals surface area contributed by atoms with Crippen molar-refractivity contribution in [1.29, 1.82) is 0 Å². The molecule has 1 aliphatic heterocycles. The van der Waals surface area contributed by atoms with Crippen LogP contribution >= 0.6 is 11.3 Å². The van der Waals surface area contributed by atoms with Crippen molar-refractivity contribution in [2.75, 3.05) is 36.0 Å². The summed E-state index contributed by atoms with van der Waals surface area (Å²) in [4.78, 5) is 28.9. The van der Waals surface area contributed by atoms with E-state index in [1.54, 1.807) is 6.33 Å². The average Bonchev–Trinajstić information content (AvgIpc) is 3.19. The molecular formula is C26H33N5OS. The number of nitrogens with zero attached hydrogens (tertiary/aromatic N) is 4. The van der Waals surface area contributed by atoms with Gasteiger partial charge in [-0.2, -0.15) is 0 Å². The van der Waals surface area contributed by atoms with E-state index in [4.69, 9.17) is 0 Å². The quantitative estimate of drug-likeness (QED) is 0.597. The Morgan fingerprint density at radius 1 is 1.03 bits per heavy atom. The van der Waals surface area contributed by atoms with Crippen molar-refractivity contribution in [3.8, 4) is 0 Å². The Kier molecular flexibility index (Phi) is 6.23. The molecule has 1 N–H and O–H groups in total.